The van der Waals surface area contributed by atoms with Crippen molar-refractivity contribution in [3.63, 3.8) is 0 Å². The predicted molar refractivity (Wildman–Crippen MR) is 58.9 cm³/mol. The van der Waals surface area contributed by atoms with Gasteiger partial charge in [-0.05, 0) is 11.4 Å². The van der Waals surface area contributed by atoms with Crippen LogP contribution >= 0.6 is 22.9 Å². The van der Waals surface area contributed by atoms with Crippen LogP contribution in [-0.4, -0.2) is 9.97 Å². The molecule has 72 valence electrons. The Bertz CT molecular complexity index is 397. The molecule has 4 heteroatoms. The van der Waals surface area contributed by atoms with Gasteiger partial charge in [0.25, 0.3) is 0 Å². The van der Waals surface area contributed by atoms with E-state index in [4.69, 9.17) is 11.6 Å². The summed E-state index contributed by atoms with van der Waals surface area (Å²) in [5.41, 5.74) is 0. The number of aromatic nitrogens is 2. The van der Waals surface area contributed by atoms with Gasteiger partial charge >= 0.3 is 0 Å². The Morgan fingerprint density at radius 3 is 2.64 bits per heavy atom. The quantitative estimate of drug-likeness (QED) is 0.782. The van der Waals surface area contributed by atoms with Gasteiger partial charge in [-0.3, -0.25) is 0 Å². The molecule has 0 N–H and O–H groups in total. The van der Waals surface area contributed by atoms with E-state index in [0.717, 1.165) is 5.82 Å². The second-order valence-corrected chi connectivity index (χ2v) is 4.41. The number of hydrogen-bond donors (Lipinski definition) is 0. The maximum absolute atomic E-state index is 5.72. The monoisotopic (exact) mass is 224 g/mol. The summed E-state index contributed by atoms with van der Waals surface area (Å²) in [7, 11) is 0. The summed E-state index contributed by atoms with van der Waals surface area (Å²) in [5.74, 6) is 1.06. The molecule has 1 unspecified atom stereocenters. The first-order valence-electron chi connectivity index (χ1n) is 4.28. The van der Waals surface area contributed by atoms with E-state index in [1.165, 1.54) is 4.88 Å². The van der Waals surface area contributed by atoms with Crippen LogP contribution in [0, 0.1) is 0 Å². The van der Waals surface area contributed by atoms with Crippen LogP contribution < -0.4 is 0 Å². The molecule has 14 heavy (non-hydrogen) atoms. The van der Waals surface area contributed by atoms with E-state index in [0.29, 0.717) is 5.02 Å². The van der Waals surface area contributed by atoms with Crippen molar-refractivity contribution >= 4 is 22.9 Å². The third-order valence-corrected chi connectivity index (χ3v) is 3.25. The van der Waals surface area contributed by atoms with Gasteiger partial charge < -0.3 is 0 Å². The highest BCUT2D eigenvalue weighted by Crippen LogP contribution is 2.25. The smallest absolute Gasteiger partial charge is 0.136 e. The lowest BCUT2D eigenvalue weighted by molar-refractivity contribution is 0.830. The highest BCUT2D eigenvalue weighted by Gasteiger charge is 2.11. The largest absolute Gasteiger partial charge is 0.239 e. The van der Waals surface area contributed by atoms with E-state index in [9.17, 15) is 0 Å². The van der Waals surface area contributed by atoms with Crippen LogP contribution in [0.25, 0.3) is 0 Å². The van der Waals surface area contributed by atoms with E-state index in [1.54, 1.807) is 23.7 Å². The van der Waals surface area contributed by atoms with Gasteiger partial charge in [-0.25, -0.2) is 9.97 Å². The topological polar surface area (TPSA) is 25.8 Å². The van der Waals surface area contributed by atoms with E-state index in [1.807, 2.05) is 6.07 Å². The fraction of sp³-hybridized carbons (Fsp3) is 0.200. The molecule has 0 radical (unpaired) electrons. The van der Waals surface area contributed by atoms with Crippen LogP contribution in [0.5, 0.6) is 0 Å². The van der Waals surface area contributed by atoms with Crippen molar-refractivity contribution in [3.8, 4) is 0 Å². The molecule has 2 rings (SSSR count). The number of rotatable bonds is 2. The zero-order valence-electron chi connectivity index (χ0n) is 7.64. The van der Waals surface area contributed by atoms with E-state index >= 15 is 0 Å². The molecule has 0 fully saturated rings. The van der Waals surface area contributed by atoms with Crippen LogP contribution in [0.1, 0.15) is 23.5 Å². The van der Waals surface area contributed by atoms with Crippen molar-refractivity contribution in [1.29, 1.82) is 0 Å². The Kier molecular flexibility index (Phi) is 2.79. The third-order valence-electron chi connectivity index (χ3n) is 2.00. The molecule has 0 spiro atoms. The van der Waals surface area contributed by atoms with Crippen LogP contribution in [0.2, 0.25) is 5.02 Å². The summed E-state index contributed by atoms with van der Waals surface area (Å²) >= 11 is 7.44. The Morgan fingerprint density at radius 2 is 2.07 bits per heavy atom. The molecule has 2 aromatic rings. The molecule has 0 saturated carbocycles. The summed E-state index contributed by atoms with van der Waals surface area (Å²) in [4.78, 5) is 9.67. The Morgan fingerprint density at radius 1 is 1.36 bits per heavy atom. The number of halogens is 1. The van der Waals surface area contributed by atoms with E-state index in [-0.39, 0.29) is 5.92 Å². The van der Waals surface area contributed by atoms with Gasteiger partial charge in [0, 0.05) is 17.3 Å². The minimum atomic E-state index is 0.243. The molecule has 0 bridgehead atoms. The lowest BCUT2D eigenvalue weighted by Gasteiger charge is -2.06. The maximum Gasteiger partial charge on any atom is 0.136 e. The summed E-state index contributed by atoms with van der Waals surface area (Å²) in [5, 5.41) is 2.63. The van der Waals surface area contributed by atoms with Crippen molar-refractivity contribution in [2.75, 3.05) is 0 Å². The molecule has 2 aromatic heterocycles. The summed E-state index contributed by atoms with van der Waals surface area (Å²) in [6, 6.07) is 4.12. The number of nitrogens with zero attached hydrogens (tertiary/aromatic N) is 2. The summed E-state index contributed by atoms with van der Waals surface area (Å²) < 4.78 is 0. The predicted octanol–water partition coefficient (Wildman–Crippen LogP) is 3.34. The zero-order chi connectivity index (χ0) is 9.97. The fourth-order valence-corrected chi connectivity index (χ4v) is 2.09. The number of thiophene rings is 1. The summed E-state index contributed by atoms with van der Waals surface area (Å²) in [6.45, 7) is 2.09. The van der Waals surface area contributed by atoms with Crippen molar-refractivity contribution < 1.29 is 0 Å². The standard InChI is InChI=1S/C10H9ClN2S/c1-7(9-3-2-4-14-9)10-12-5-8(11)6-13-10/h2-7H,1H3. The molecule has 0 amide bonds. The van der Waals surface area contributed by atoms with Gasteiger partial charge in [0.1, 0.15) is 5.82 Å². The molecule has 0 aliphatic heterocycles. The van der Waals surface area contributed by atoms with Gasteiger partial charge in [0.15, 0.2) is 0 Å². The van der Waals surface area contributed by atoms with Gasteiger partial charge in [0.2, 0.25) is 0 Å². The van der Waals surface area contributed by atoms with Crippen molar-refractivity contribution in [2.24, 2.45) is 0 Å². The molecule has 1 atom stereocenters. The normalized spacial score (nSPS) is 12.7. The summed E-state index contributed by atoms with van der Waals surface area (Å²) in [6.07, 6.45) is 3.27. The number of hydrogen-bond acceptors (Lipinski definition) is 3. The fourth-order valence-electron chi connectivity index (χ4n) is 1.21. The molecule has 0 saturated heterocycles. The minimum absolute atomic E-state index is 0.243. The Hall–Kier alpha value is -0.930. The molecule has 2 heterocycles. The first kappa shape index (κ1) is 9.62. The van der Waals surface area contributed by atoms with E-state index in [2.05, 4.69) is 28.3 Å². The molecule has 2 nitrogen and oxygen atoms in total. The van der Waals surface area contributed by atoms with Crippen LogP contribution in [-0.2, 0) is 0 Å². The van der Waals surface area contributed by atoms with Gasteiger partial charge in [-0.2, -0.15) is 0 Å². The van der Waals surface area contributed by atoms with E-state index < -0.39 is 0 Å². The molecule has 0 aromatic carbocycles. The Balaban J connectivity index is 2.28. The first-order valence-corrected chi connectivity index (χ1v) is 5.54. The lowest BCUT2D eigenvalue weighted by Crippen LogP contribution is -1.99. The molecule has 0 aliphatic carbocycles. The SMILES string of the molecule is CC(c1ncc(Cl)cn1)c1cccs1. The first-order chi connectivity index (χ1) is 6.77. The van der Waals surface area contributed by atoms with Gasteiger partial charge in [-0.1, -0.05) is 24.6 Å². The molecular weight excluding hydrogens is 216 g/mol. The van der Waals surface area contributed by atoms with Crippen LogP contribution in [0.4, 0.5) is 0 Å². The molecular formula is C10H9ClN2S. The van der Waals surface area contributed by atoms with Crippen molar-refractivity contribution in [2.45, 2.75) is 12.8 Å². The second kappa shape index (κ2) is 4.07. The van der Waals surface area contributed by atoms with Crippen LogP contribution in [0.15, 0.2) is 29.9 Å². The van der Waals surface area contributed by atoms with Crippen molar-refractivity contribution in [1.82, 2.24) is 9.97 Å². The zero-order valence-corrected chi connectivity index (χ0v) is 9.22. The maximum atomic E-state index is 5.72. The average molecular weight is 225 g/mol. The molecule has 0 aliphatic rings. The highest BCUT2D eigenvalue weighted by atomic mass is 35.5. The third kappa shape index (κ3) is 1.94. The van der Waals surface area contributed by atoms with Crippen LogP contribution in [0.3, 0.4) is 0 Å². The Labute approximate surface area is 91.6 Å². The second-order valence-electron chi connectivity index (χ2n) is 3.00. The lowest BCUT2D eigenvalue weighted by atomic mass is 10.1. The minimum Gasteiger partial charge on any atom is -0.239 e. The highest BCUT2D eigenvalue weighted by molar-refractivity contribution is 7.10. The average Bonchev–Trinajstić information content (AvgIpc) is 2.71. The van der Waals surface area contributed by atoms with Crippen molar-refractivity contribution in [3.05, 3.63) is 45.6 Å². The van der Waals surface area contributed by atoms with Gasteiger partial charge in [0.05, 0.1) is 10.9 Å². The van der Waals surface area contributed by atoms with Gasteiger partial charge in [-0.15, -0.1) is 11.3 Å².